The first kappa shape index (κ1) is 8.88. The van der Waals surface area contributed by atoms with E-state index in [2.05, 4.69) is 0 Å². The first-order chi connectivity index (χ1) is 4.12. The van der Waals surface area contributed by atoms with Crippen molar-refractivity contribution in [1.82, 2.24) is 0 Å². The molecule has 1 unspecified atom stereocenters. The first-order valence-electron chi connectivity index (χ1n) is 3.29. The van der Waals surface area contributed by atoms with Gasteiger partial charge in [0.05, 0.1) is 20.2 Å². The monoisotopic (exact) mass is 133 g/mol. The second-order valence-electron chi connectivity index (χ2n) is 2.47. The zero-order chi connectivity index (χ0) is 7.33. The Morgan fingerprint density at radius 1 is 1.44 bits per heavy atom. The Bertz CT molecular complexity index is 65.5. The normalized spacial score (nSPS) is 17.3. The van der Waals surface area contributed by atoms with Gasteiger partial charge in [-0.3, -0.25) is 0 Å². The highest BCUT2D eigenvalue weighted by Crippen LogP contribution is 1.98. The van der Waals surface area contributed by atoms with Gasteiger partial charge < -0.3 is 15.0 Å². The van der Waals surface area contributed by atoms with Crippen molar-refractivity contribution in [2.24, 2.45) is 0 Å². The highest BCUT2D eigenvalue weighted by molar-refractivity contribution is 4.35. The van der Waals surface area contributed by atoms with Crippen LogP contribution in [0.5, 0.6) is 0 Å². The number of hydrogen-bond donors (Lipinski definition) is 1. The van der Waals surface area contributed by atoms with E-state index in [0.717, 1.165) is 6.42 Å². The molecule has 0 fully saturated rings. The molecule has 0 bridgehead atoms. The van der Waals surface area contributed by atoms with Gasteiger partial charge in [0, 0.05) is 0 Å². The SMILES string of the molecule is CCC[N+](C)([O-])CCO. The summed E-state index contributed by atoms with van der Waals surface area (Å²) in [5.41, 5.74) is 0. The summed E-state index contributed by atoms with van der Waals surface area (Å²) in [6.45, 7) is 2.86. The van der Waals surface area contributed by atoms with Crippen molar-refractivity contribution >= 4 is 0 Å². The Hall–Kier alpha value is -0.120. The number of likely N-dealkylation sites (N-methyl/N-ethyl adjacent to an activating group) is 1. The molecule has 9 heavy (non-hydrogen) atoms. The van der Waals surface area contributed by atoms with Gasteiger partial charge in [0.25, 0.3) is 0 Å². The fraction of sp³-hybridized carbons (Fsp3) is 1.00. The fourth-order valence-electron chi connectivity index (χ4n) is 0.796. The maximum atomic E-state index is 11.1. The van der Waals surface area contributed by atoms with E-state index in [-0.39, 0.29) is 11.3 Å². The van der Waals surface area contributed by atoms with Crippen LogP contribution >= 0.6 is 0 Å². The summed E-state index contributed by atoms with van der Waals surface area (Å²) < 4.78 is -0.312. The Morgan fingerprint density at radius 2 is 2.00 bits per heavy atom. The molecule has 0 spiro atoms. The zero-order valence-electron chi connectivity index (χ0n) is 6.13. The summed E-state index contributed by atoms with van der Waals surface area (Å²) in [5.74, 6) is 0. The zero-order valence-corrected chi connectivity index (χ0v) is 6.13. The molecule has 0 saturated carbocycles. The Morgan fingerprint density at radius 3 is 2.33 bits per heavy atom. The van der Waals surface area contributed by atoms with Crippen LogP contribution in [0.25, 0.3) is 0 Å². The Labute approximate surface area is 56.1 Å². The van der Waals surface area contributed by atoms with Gasteiger partial charge in [0.2, 0.25) is 0 Å². The van der Waals surface area contributed by atoms with Gasteiger partial charge in [0.1, 0.15) is 6.54 Å². The molecule has 1 atom stereocenters. The van der Waals surface area contributed by atoms with Crippen LogP contribution in [0.3, 0.4) is 0 Å². The molecule has 3 nitrogen and oxygen atoms in total. The van der Waals surface area contributed by atoms with E-state index in [4.69, 9.17) is 5.11 Å². The van der Waals surface area contributed by atoms with Crippen molar-refractivity contribution in [2.75, 3.05) is 26.7 Å². The Kier molecular flexibility index (Phi) is 3.77. The minimum absolute atomic E-state index is 0.0139. The van der Waals surface area contributed by atoms with Gasteiger partial charge in [-0.25, -0.2) is 0 Å². The van der Waals surface area contributed by atoms with Crippen LogP contribution in [0.1, 0.15) is 13.3 Å². The van der Waals surface area contributed by atoms with Crippen LogP contribution in [0.4, 0.5) is 0 Å². The molecular formula is C6H15NO2. The van der Waals surface area contributed by atoms with Crippen molar-refractivity contribution < 1.29 is 9.75 Å². The van der Waals surface area contributed by atoms with Gasteiger partial charge in [-0.1, -0.05) is 6.92 Å². The number of hydroxylamine groups is 3. The van der Waals surface area contributed by atoms with Crippen LogP contribution in [-0.2, 0) is 0 Å². The standard InChI is InChI=1S/C6H15NO2/c1-3-4-7(2,9)5-6-8/h8H,3-6H2,1-2H3. The maximum absolute atomic E-state index is 11.1. The molecule has 0 aromatic carbocycles. The average molecular weight is 133 g/mol. The van der Waals surface area contributed by atoms with Gasteiger partial charge in [-0.05, 0) is 6.42 Å². The summed E-state index contributed by atoms with van der Waals surface area (Å²) in [4.78, 5) is 0. The van der Waals surface area contributed by atoms with Crippen LogP contribution in [0.15, 0.2) is 0 Å². The summed E-state index contributed by atoms with van der Waals surface area (Å²) in [7, 11) is 1.58. The smallest absolute Gasteiger partial charge is 0.102 e. The van der Waals surface area contributed by atoms with Crippen LogP contribution < -0.4 is 0 Å². The highest BCUT2D eigenvalue weighted by atomic mass is 16.5. The number of hydrogen-bond acceptors (Lipinski definition) is 2. The second kappa shape index (κ2) is 3.82. The quantitative estimate of drug-likeness (QED) is 0.443. The molecule has 0 saturated heterocycles. The lowest BCUT2D eigenvalue weighted by molar-refractivity contribution is -0.861. The maximum Gasteiger partial charge on any atom is 0.102 e. The molecule has 0 aliphatic heterocycles. The van der Waals surface area contributed by atoms with Crippen LogP contribution in [-0.4, -0.2) is 36.5 Å². The molecule has 0 radical (unpaired) electrons. The van der Waals surface area contributed by atoms with Crippen molar-refractivity contribution in [3.05, 3.63) is 5.21 Å². The first-order valence-corrected chi connectivity index (χ1v) is 3.29. The van der Waals surface area contributed by atoms with E-state index >= 15 is 0 Å². The topological polar surface area (TPSA) is 43.3 Å². The number of aliphatic hydroxyl groups is 1. The molecule has 0 heterocycles. The second-order valence-corrected chi connectivity index (χ2v) is 2.47. The predicted octanol–water partition coefficient (Wildman–Crippen LogP) is 0.333. The number of nitrogens with zero attached hydrogens (tertiary/aromatic N) is 1. The third-order valence-corrected chi connectivity index (χ3v) is 1.27. The molecule has 0 aliphatic rings. The summed E-state index contributed by atoms with van der Waals surface area (Å²) in [5, 5.41) is 19.5. The van der Waals surface area contributed by atoms with Crippen LogP contribution in [0, 0.1) is 5.21 Å². The minimum atomic E-state index is -0.312. The van der Waals surface area contributed by atoms with Crippen molar-refractivity contribution in [3.8, 4) is 0 Å². The molecule has 1 N–H and O–H groups in total. The van der Waals surface area contributed by atoms with Gasteiger partial charge >= 0.3 is 0 Å². The molecule has 0 amide bonds. The third kappa shape index (κ3) is 4.39. The lowest BCUT2D eigenvalue weighted by Crippen LogP contribution is -2.40. The molecule has 0 aromatic heterocycles. The summed E-state index contributed by atoms with van der Waals surface area (Å²) >= 11 is 0. The molecule has 3 heteroatoms. The van der Waals surface area contributed by atoms with Crippen LogP contribution in [0.2, 0.25) is 0 Å². The molecular weight excluding hydrogens is 118 g/mol. The van der Waals surface area contributed by atoms with E-state index in [0.29, 0.717) is 13.1 Å². The average Bonchev–Trinajstić information content (AvgIpc) is 1.64. The Balaban J connectivity index is 3.43. The molecule has 0 aliphatic carbocycles. The largest absolute Gasteiger partial charge is 0.633 e. The lowest BCUT2D eigenvalue weighted by atomic mass is 10.4. The van der Waals surface area contributed by atoms with Crippen molar-refractivity contribution in [2.45, 2.75) is 13.3 Å². The van der Waals surface area contributed by atoms with E-state index < -0.39 is 0 Å². The molecule has 0 rings (SSSR count). The predicted molar refractivity (Wildman–Crippen MR) is 36.7 cm³/mol. The van der Waals surface area contributed by atoms with Crippen molar-refractivity contribution in [3.63, 3.8) is 0 Å². The van der Waals surface area contributed by atoms with E-state index in [1.165, 1.54) is 0 Å². The van der Waals surface area contributed by atoms with Gasteiger partial charge in [-0.15, -0.1) is 0 Å². The number of quaternary nitrogens is 1. The third-order valence-electron chi connectivity index (χ3n) is 1.27. The summed E-state index contributed by atoms with van der Waals surface area (Å²) in [6.07, 6.45) is 0.875. The summed E-state index contributed by atoms with van der Waals surface area (Å²) in [6, 6.07) is 0. The van der Waals surface area contributed by atoms with Gasteiger partial charge in [0.15, 0.2) is 0 Å². The van der Waals surface area contributed by atoms with E-state index in [9.17, 15) is 5.21 Å². The fourth-order valence-corrected chi connectivity index (χ4v) is 0.796. The lowest BCUT2D eigenvalue weighted by Gasteiger charge is -2.37. The highest BCUT2D eigenvalue weighted by Gasteiger charge is 2.05. The molecule has 0 aromatic rings. The van der Waals surface area contributed by atoms with Crippen molar-refractivity contribution in [1.29, 1.82) is 0 Å². The number of rotatable bonds is 4. The van der Waals surface area contributed by atoms with E-state index in [1.807, 2.05) is 6.92 Å². The number of aliphatic hydroxyl groups excluding tert-OH is 1. The minimum Gasteiger partial charge on any atom is -0.633 e. The van der Waals surface area contributed by atoms with Gasteiger partial charge in [-0.2, -0.15) is 0 Å². The van der Waals surface area contributed by atoms with E-state index in [1.54, 1.807) is 7.05 Å². The molecule has 56 valence electrons.